The zero-order valence-corrected chi connectivity index (χ0v) is 48.1. The third-order valence-electron chi connectivity index (χ3n) is 12.7. The fourth-order valence-electron chi connectivity index (χ4n) is 8.08. The van der Waals surface area contributed by atoms with Crippen molar-refractivity contribution in [2.45, 2.75) is 277 Å². The molecule has 0 rings (SSSR count). The average Bonchev–Trinajstić information content (AvgIpc) is 3.40. The minimum Gasteiger partial charge on any atom is -0.462 e. The Kier molecular flexibility index (Phi) is 57.9. The number of rotatable bonds is 54. The van der Waals surface area contributed by atoms with Crippen LogP contribution in [-0.2, 0) is 28.6 Å². The molecular formula is C68H112O6. The first kappa shape index (κ1) is 69.8. The van der Waals surface area contributed by atoms with Crippen molar-refractivity contribution in [3.63, 3.8) is 0 Å². The number of hydrogen-bond acceptors (Lipinski definition) is 6. The number of carbonyl (C=O) groups is 3. The maximum Gasteiger partial charge on any atom is 0.306 e. The molecule has 0 amide bonds. The SMILES string of the molecule is CC/C=C\C/C=C\C/C=C\C/C=C\C/C=C\C/C=C\CCCCCCCCC(=O)OCC(COC(=O)CCCCCCC/C=C\C/C=C\CCCC)OC(=O)CCCCCCCCC/C=C\C/C=C\CCCCC. The summed E-state index contributed by atoms with van der Waals surface area (Å²) in [4.78, 5) is 38.3. The van der Waals surface area contributed by atoms with Gasteiger partial charge in [0.15, 0.2) is 6.10 Å². The van der Waals surface area contributed by atoms with Gasteiger partial charge >= 0.3 is 17.9 Å². The zero-order valence-electron chi connectivity index (χ0n) is 48.1. The van der Waals surface area contributed by atoms with Gasteiger partial charge < -0.3 is 14.2 Å². The molecule has 0 saturated heterocycles. The standard InChI is InChI=1S/C68H112O6/c1-4-7-10-13-16-19-22-25-28-30-31-32-33-34-35-36-37-39-40-43-46-49-52-55-58-61-67(70)73-64-65(63-72-66(69)60-57-54-51-48-45-42-27-24-21-18-15-12-9-6-3)74-68(71)62-59-56-53-50-47-44-41-38-29-26-23-20-17-14-11-8-5-2/h7,10,15-20,24-29,31-32,34-35,37,39,65H,4-6,8-9,11-14,21-23,30,33,36,38,40-64H2,1-3H3/b10-7-,18-15-,19-16-,20-17-,27-24-,28-25-,29-26-,32-31-,35-34-,39-37-. The molecule has 420 valence electrons. The zero-order chi connectivity index (χ0) is 53.6. The van der Waals surface area contributed by atoms with Crippen LogP contribution in [0.4, 0.5) is 0 Å². The van der Waals surface area contributed by atoms with E-state index in [9.17, 15) is 14.4 Å². The smallest absolute Gasteiger partial charge is 0.306 e. The first-order valence-corrected chi connectivity index (χ1v) is 30.5. The lowest BCUT2D eigenvalue weighted by molar-refractivity contribution is -0.167. The summed E-state index contributed by atoms with van der Waals surface area (Å²) in [7, 11) is 0. The second-order valence-corrected chi connectivity index (χ2v) is 19.9. The van der Waals surface area contributed by atoms with Gasteiger partial charge in [-0.2, -0.15) is 0 Å². The Balaban J connectivity index is 4.42. The lowest BCUT2D eigenvalue weighted by Crippen LogP contribution is -2.30. The molecule has 0 heterocycles. The van der Waals surface area contributed by atoms with Gasteiger partial charge in [0.1, 0.15) is 13.2 Å². The molecule has 0 aromatic carbocycles. The van der Waals surface area contributed by atoms with Crippen LogP contribution in [-0.4, -0.2) is 37.2 Å². The molecule has 6 nitrogen and oxygen atoms in total. The van der Waals surface area contributed by atoms with Crippen LogP contribution < -0.4 is 0 Å². The van der Waals surface area contributed by atoms with E-state index in [-0.39, 0.29) is 31.1 Å². The van der Waals surface area contributed by atoms with Crippen LogP contribution in [0.5, 0.6) is 0 Å². The van der Waals surface area contributed by atoms with Gasteiger partial charge in [-0.3, -0.25) is 14.4 Å². The Hall–Kier alpha value is -4.19. The molecular weight excluding hydrogens is 913 g/mol. The van der Waals surface area contributed by atoms with Crippen molar-refractivity contribution >= 4 is 17.9 Å². The number of unbranched alkanes of at least 4 members (excludes halogenated alkanes) is 23. The van der Waals surface area contributed by atoms with Crippen LogP contribution in [0.15, 0.2) is 122 Å². The van der Waals surface area contributed by atoms with Crippen molar-refractivity contribution in [3.05, 3.63) is 122 Å². The summed E-state index contributed by atoms with van der Waals surface area (Å²) in [5, 5.41) is 0. The summed E-state index contributed by atoms with van der Waals surface area (Å²) in [6.07, 6.45) is 84.7. The third kappa shape index (κ3) is 58.7. The maximum absolute atomic E-state index is 12.9. The lowest BCUT2D eigenvalue weighted by Gasteiger charge is -2.18. The normalized spacial score (nSPS) is 13.0. The average molecular weight is 1030 g/mol. The Labute approximate surface area is 456 Å². The van der Waals surface area contributed by atoms with Crippen molar-refractivity contribution < 1.29 is 28.6 Å². The lowest BCUT2D eigenvalue weighted by atomic mass is 10.1. The Bertz CT molecular complexity index is 1550. The van der Waals surface area contributed by atoms with Crippen LogP contribution in [0.1, 0.15) is 271 Å². The van der Waals surface area contributed by atoms with E-state index in [0.717, 1.165) is 148 Å². The second-order valence-electron chi connectivity index (χ2n) is 19.9. The van der Waals surface area contributed by atoms with E-state index < -0.39 is 6.10 Å². The summed E-state index contributed by atoms with van der Waals surface area (Å²) in [6.45, 7) is 6.43. The molecule has 0 saturated carbocycles. The maximum atomic E-state index is 12.9. The van der Waals surface area contributed by atoms with Gasteiger partial charge in [0.2, 0.25) is 0 Å². The molecule has 0 N–H and O–H groups in total. The van der Waals surface area contributed by atoms with Gasteiger partial charge in [0.25, 0.3) is 0 Å². The van der Waals surface area contributed by atoms with Gasteiger partial charge in [-0.1, -0.05) is 245 Å². The highest BCUT2D eigenvalue weighted by molar-refractivity contribution is 5.71. The fourth-order valence-corrected chi connectivity index (χ4v) is 8.08. The van der Waals surface area contributed by atoms with E-state index in [1.165, 1.54) is 83.5 Å². The summed E-state index contributed by atoms with van der Waals surface area (Å²) < 4.78 is 16.9. The Morgan fingerprint density at radius 1 is 0.284 bits per heavy atom. The fraction of sp³-hybridized carbons (Fsp3) is 0.662. The summed E-state index contributed by atoms with van der Waals surface area (Å²) in [5.74, 6) is -0.930. The van der Waals surface area contributed by atoms with Crippen LogP contribution in [0.25, 0.3) is 0 Å². The first-order valence-electron chi connectivity index (χ1n) is 30.5. The number of ether oxygens (including phenoxy) is 3. The van der Waals surface area contributed by atoms with Crippen LogP contribution in [0.2, 0.25) is 0 Å². The van der Waals surface area contributed by atoms with Gasteiger partial charge in [-0.05, 0) is 128 Å². The second kappa shape index (κ2) is 61.4. The van der Waals surface area contributed by atoms with Gasteiger partial charge in [-0.15, -0.1) is 0 Å². The quantitative estimate of drug-likeness (QED) is 0.0261. The van der Waals surface area contributed by atoms with Crippen molar-refractivity contribution in [3.8, 4) is 0 Å². The summed E-state index contributed by atoms with van der Waals surface area (Å²) in [5.41, 5.74) is 0. The number of allylic oxidation sites excluding steroid dienone is 20. The Morgan fingerprint density at radius 3 is 0.865 bits per heavy atom. The highest BCUT2D eigenvalue weighted by Gasteiger charge is 2.19. The molecule has 1 unspecified atom stereocenters. The highest BCUT2D eigenvalue weighted by atomic mass is 16.6. The molecule has 0 aromatic rings. The molecule has 0 spiro atoms. The van der Waals surface area contributed by atoms with Crippen molar-refractivity contribution in [1.29, 1.82) is 0 Å². The predicted molar refractivity (Wildman–Crippen MR) is 320 cm³/mol. The van der Waals surface area contributed by atoms with Crippen molar-refractivity contribution in [1.82, 2.24) is 0 Å². The number of hydrogen-bond donors (Lipinski definition) is 0. The topological polar surface area (TPSA) is 78.9 Å². The largest absolute Gasteiger partial charge is 0.462 e. The number of carbonyl (C=O) groups excluding carboxylic acids is 3. The monoisotopic (exact) mass is 1020 g/mol. The van der Waals surface area contributed by atoms with Gasteiger partial charge in [0.05, 0.1) is 0 Å². The predicted octanol–water partition coefficient (Wildman–Crippen LogP) is 20.8. The van der Waals surface area contributed by atoms with Crippen LogP contribution >= 0.6 is 0 Å². The first-order chi connectivity index (χ1) is 36.5. The van der Waals surface area contributed by atoms with Crippen LogP contribution in [0.3, 0.4) is 0 Å². The van der Waals surface area contributed by atoms with Gasteiger partial charge in [-0.25, -0.2) is 0 Å². The van der Waals surface area contributed by atoms with Crippen molar-refractivity contribution in [2.75, 3.05) is 13.2 Å². The highest BCUT2D eigenvalue weighted by Crippen LogP contribution is 2.14. The molecule has 0 radical (unpaired) electrons. The molecule has 74 heavy (non-hydrogen) atoms. The molecule has 0 aromatic heterocycles. The third-order valence-corrected chi connectivity index (χ3v) is 12.7. The minimum absolute atomic E-state index is 0.0957. The number of esters is 3. The van der Waals surface area contributed by atoms with E-state index in [2.05, 4.69) is 142 Å². The molecule has 0 bridgehead atoms. The van der Waals surface area contributed by atoms with E-state index in [4.69, 9.17) is 14.2 Å². The summed E-state index contributed by atoms with van der Waals surface area (Å²) in [6, 6.07) is 0. The van der Waals surface area contributed by atoms with E-state index in [0.29, 0.717) is 19.3 Å². The van der Waals surface area contributed by atoms with E-state index in [1.54, 1.807) is 0 Å². The molecule has 0 aliphatic rings. The minimum atomic E-state index is -0.799. The van der Waals surface area contributed by atoms with Crippen LogP contribution in [0, 0.1) is 0 Å². The molecule has 6 heteroatoms. The van der Waals surface area contributed by atoms with E-state index >= 15 is 0 Å². The molecule has 0 aliphatic carbocycles. The molecule has 1 atom stereocenters. The molecule has 0 fully saturated rings. The summed E-state index contributed by atoms with van der Waals surface area (Å²) >= 11 is 0. The molecule has 0 aliphatic heterocycles. The van der Waals surface area contributed by atoms with Crippen molar-refractivity contribution in [2.24, 2.45) is 0 Å². The Morgan fingerprint density at radius 2 is 0.541 bits per heavy atom. The van der Waals surface area contributed by atoms with E-state index in [1.807, 2.05) is 0 Å². The van der Waals surface area contributed by atoms with Gasteiger partial charge in [0, 0.05) is 19.3 Å².